The van der Waals surface area contributed by atoms with E-state index in [2.05, 4.69) is 5.32 Å². The molecule has 0 aromatic rings. The normalized spacial score (nSPS) is 7.58. The number of halogens is 2. The SMILES string of the molecule is [Cl][Ga][Cl].[NH-]CC(=O)[N-]CC(=O)O. The molecule has 5 nitrogen and oxygen atoms in total. The van der Waals surface area contributed by atoms with Crippen LogP contribution in [-0.4, -0.2) is 45.5 Å². The van der Waals surface area contributed by atoms with Crippen LogP contribution in [0.1, 0.15) is 0 Å². The van der Waals surface area contributed by atoms with Crippen LogP contribution in [0.25, 0.3) is 11.1 Å². The van der Waals surface area contributed by atoms with Crippen molar-refractivity contribution in [1.82, 2.24) is 0 Å². The largest absolute Gasteiger partial charge is 0.673 e. The van der Waals surface area contributed by atoms with E-state index in [4.69, 9.17) is 30.1 Å². The smallest absolute Gasteiger partial charge is 0.285 e. The first-order valence-corrected chi connectivity index (χ1v) is 9.04. The van der Waals surface area contributed by atoms with Gasteiger partial charge in [-0.25, -0.2) is 0 Å². The molecule has 8 heteroatoms. The molecule has 69 valence electrons. The van der Waals surface area contributed by atoms with Crippen LogP contribution < -0.4 is 0 Å². The van der Waals surface area contributed by atoms with Crippen LogP contribution in [0.3, 0.4) is 0 Å². The zero-order chi connectivity index (χ0) is 9.98. The summed E-state index contributed by atoms with van der Waals surface area (Å²) in [7, 11) is 9.84. The van der Waals surface area contributed by atoms with Crippen LogP contribution in [0.2, 0.25) is 0 Å². The maximum absolute atomic E-state index is 10.1. The van der Waals surface area contributed by atoms with Crippen LogP contribution in [0.15, 0.2) is 0 Å². The molecule has 0 aromatic carbocycles. The molecule has 0 saturated carbocycles. The van der Waals surface area contributed by atoms with E-state index < -0.39 is 40.4 Å². The first-order chi connectivity index (χ1) is 5.58. The Morgan fingerprint density at radius 3 is 2.17 bits per heavy atom. The van der Waals surface area contributed by atoms with Crippen LogP contribution >= 0.6 is 19.3 Å². The van der Waals surface area contributed by atoms with Crippen LogP contribution in [0.4, 0.5) is 0 Å². The average molecular weight is 271 g/mol. The molecular weight excluding hydrogens is 265 g/mol. The van der Waals surface area contributed by atoms with Gasteiger partial charge in [-0.1, -0.05) is 0 Å². The number of hydrogen-bond donors (Lipinski definition) is 1. The summed E-state index contributed by atoms with van der Waals surface area (Å²) in [6, 6.07) is 0. The molecule has 0 heterocycles. The summed E-state index contributed by atoms with van der Waals surface area (Å²) < 4.78 is 0. The van der Waals surface area contributed by atoms with Gasteiger partial charge in [0.25, 0.3) is 5.97 Å². The van der Waals surface area contributed by atoms with Crippen LogP contribution in [-0.2, 0) is 9.59 Å². The van der Waals surface area contributed by atoms with E-state index in [0.717, 1.165) is 0 Å². The molecule has 0 aliphatic rings. The summed E-state index contributed by atoms with van der Waals surface area (Å²) in [5.41, 5.74) is 6.42. The first kappa shape index (κ1) is 14.6. The van der Waals surface area contributed by atoms with E-state index in [0.29, 0.717) is 0 Å². The van der Waals surface area contributed by atoms with Crippen molar-refractivity contribution in [3.8, 4) is 0 Å². The Hall–Kier alpha value is 0.116. The number of aliphatic carboxylic acids is 1. The molecule has 0 fully saturated rings. The monoisotopic (exact) mass is 269 g/mol. The molecule has 0 rings (SSSR count). The molecule has 0 spiro atoms. The van der Waals surface area contributed by atoms with Gasteiger partial charge in [-0.05, 0) is 6.54 Å². The molecule has 0 aliphatic carbocycles. The quantitative estimate of drug-likeness (QED) is 0.776. The Morgan fingerprint density at radius 1 is 1.50 bits per heavy atom. The number of carbonyl (C=O) groups is 2. The van der Waals surface area contributed by atoms with Gasteiger partial charge in [0.15, 0.2) is 0 Å². The molecule has 0 bridgehead atoms. The zero-order valence-corrected chi connectivity index (χ0v) is 9.89. The Bertz CT molecular complexity index is 146. The minimum atomic E-state index is -1.16. The molecule has 0 atom stereocenters. The molecular formula is C4H6Cl2GaN2O3-2. The number of carboxylic acid groups (broad SMARTS) is 1. The first-order valence-electron chi connectivity index (χ1n) is 2.67. The summed E-state index contributed by atoms with van der Waals surface area (Å²) in [6.07, 6.45) is 0. The van der Waals surface area contributed by atoms with E-state index >= 15 is 0 Å². The van der Waals surface area contributed by atoms with Crippen molar-refractivity contribution in [2.24, 2.45) is 0 Å². The fourth-order valence-electron chi connectivity index (χ4n) is 0.212. The van der Waals surface area contributed by atoms with Crippen molar-refractivity contribution in [3.63, 3.8) is 0 Å². The molecule has 12 heavy (non-hydrogen) atoms. The van der Waals surface area contributed by atoms with Crippen LogP contribution in [0.5, 0.6) is 0 Å². The Morgan fingerprint density at radius 2 is 1.92 bits per heavy atom. The van der Waals surface area contributed by atoms with Gasteiger partial charge in [0.1, 0.15) is 0 Å². The van der Waals surface area contributed by atoms with Gasteiger partial charge in [-0.2, -0.15) is 0 Å². The zero-order valence-electron chi connectivity index (χ0n) is 5.96. The Balaban J connectivity index is 0. The van der Waals surface area contributed by atoms with Gasteiger partial charge >= 0.3 is 34.7 Å². The van der Waals surface area contributed by atoms with Gasteiger partial charge in [-0.3, -0.25) is 4.79 Å². The van der Waals surface area contributed by atoms with Gasteiger partial charge in [0, 0.05) is 5.91 Å². The molecule has 0 aliphatic heterocycles. The fourth-order valence-corrected chi connectivity index (χ4v) is 0.212. The second-order valence-electron chi connectivity index (χ2n) is 1.36. The van der Waals surface area contributed by atoms with Crippen molar-refractivity contribution in [3.05, 3.63) is 11.1 Å². The number of amides is 1. The maximum atomic E-state index is 10.1. The summed E-state index contributed by atoms with van der Waals surface area (Å²) in [5.74, 6) is -1.85. The van der Waals surface area contributed by atoms with Crippen LogP contribution in [0, 0.1) is 0 Å². The van der Waals surface area contributed by atoms with Crippen molar-refractivity contribution >= 4 is 46.6 Å². The van der Waals surface area contributed by atoms with Gasteiger partial charge in [0.2, 0.25) is 0 Å². The molecule has 2 N–H and O–H groups in total. The van der Waals surface area contributed by atoms with E-state index in [1.54, 1.807) is 0 Å². The summed E-state index contributed by atoms with van der Waals surface area (Å²) in [6.45, 7) is -1.01. The summed E-state index contributed by atoms with van der Waals surface area (Å²) in [5, 5.41) is 11.0. The number of hydrogen-bond acceptors (Lipinski definition) is 2. The average Bonchev–Trinajstić information content (AvgIpc) is 2.01. The van der Waals surface area contributed by atoms with Crippen molar-refractivity contribution < 1.29 is 14.7 Å². The molecule has 1 amide bonds. The Labute approximate surface area is 85.4 Å². The number of nitrogens with zero attached hydrogens (tertiary/aromatic N) is 1. The van der Waals surface area contributed by atoms with Gasteiger partial charge in [0.05, 0.1) is 0 Å². The van der Waals surface area contributed by atoms with Gasteiger partial charge < -0.3 is 21.0 Å². The van der Waals surface area contributed by atoms with Crippen molar-refractivity contribution in [1.29, 1.82) is 0 Å². The van der Waals surface area contributed by atoms with E-state index in [-0.39, 0.29) is 0 Å². The maximum Gasteiger partial charge on any atom is 0.285 e. The third-order valence-corrected chi connectivity index (χ3v) is 0.542. The topological polar surface area (TPSA) is 92.3 Å². The third kappa shape index (κ3) is 16.6. The van der Waals surface area contributed by atoms with E-state index in [1.807, 2.05) is 0 Å². The number of carboxylic acids is 1. The summed E-state index contributed by atoms with van der Waals surface area (Å²) in [4.78, 5) is 19.8. The minimum Gasteiger partial charge on any atom is -0.673 e. The number of carbonyl (C=O) groups excluding carboxylic acids is 1. The second kappa shape index (κ2) is 11.1. The van der Waals surface area contributed by atoms with Crippen molar-refractivity contribution in [2.75, 3.05) is 13.1 Å². The fraction of sp³-hybridized carbons (Fsp3) is 0.500. The number of rotatable bonds is 3. The Kier molecular flexibility index (Phi) is 13.6. The van der Waals surface area contributed by atoms with E-state index in [1.165, 1.54) is 0 Å². The third-order valence-electron chi connectivity index (χ3n) is 0.542. The molecule has 0 saturated heterocycles. The molecule has 0 aromatic heterocycles. The molecule has 1 radical (unpaired) electrons. The predicted octanol–water partition coefficient (Wildman–Crippen LogP) is 1.02. The minimum absolute atomic E-state index is 0.479. The van der Waals surface area contributed by atoms with Crippen molar-refractivity contribution in [2.45, 2.75) is 0 Å². The predicted molar refractivity (Wildman–Crippen MR) is 47.5 cm³/mol. The van der Waals surface area contributed by atoms with E-state index in [9.17, 15) is 9.59 Å². The summed E-state index contributed by atoms with van der Waals surface area (Å²) >= 11 is -0.743. The number of nitrogens with one attached hydrogen (secondary N) is 1. The second-order valence-corrected chi connectivity index (χ2v) is 5.14. The van der Waals surface area contributed by atoms with Gasteiger partial charge in [-0.15, -0.1) is 6.54 Å². The standard InChI is InChI=1S/C4H7N2O3.2ClH.Ga/c5-1-3(7)6-2-4(8)9;;;/h5H,1-2H2,(H2,6,7,8,9);2*1H;/q-1;;;+2/p-3. The molecule has 0 unspecified atom stereocenters.